The van der Waals surface area contributed by atoms with E-state index in [2.05, 4.69) is 29.2 Å². The molecule has 0 saturated heterocycles. The highest BCUT2D eigenvalue weighted by molar-refractivity contribution is 6.30. The molecule has 31 heavy (non-hydrogen) atoms. The monoisotopic (exact) mass is 435 g/mol. The van der Waals surface area contributed by atoms with Crippen molar-refractivity contribution in [2.75, 3.05) is 11.4 Å². The molecule has 158 valence electrons. The van der Waals surface area contributed by atoms with Crippen LogP contribution < -0.4 is 16.1 Å². The first-order chi connectivity index (χ1) is 14.9. The molecule has 0 bridgehead atoms. The molecule has 8 heteroatoms. The Labute approximate surface area is 183 Å². The zero-order chi connectivity index (χ0) is 21.7. The molecule has 0 N–H and O–H groups in total. The first-order valence-corrected chi connectivity index (χ1v) is 10.6. The lowest BCUT2D eigenvalue weighted by Gasteiger charge is -2.29. The van der Waals surface area contributed by atoms with Crippen LogP contribution in [0.4, 0.5) is 11.6 Å². The van der Waals surface area contributed by atoms with E-state index in [-0.39, 0.29) is 12.1 Å². The minimum absolute atomic E-state index is 0.157. The van der Waals surface area contributed by atoms with Gasteiger partial charge in [-0.2, -0.15) is 4.98 Å². The van der Waals surface area contributed by atoms with Gasteiger partial charge in [-0.15, -0.1) is 0 Å². The number of imidazole rings is 1. The van der Waals surface area contributed by atoms with Gasteiger partial charge in [0.05, 0.1) is 6.54 Å². The molecule has 2 aromatic carbocycles. The first kappa shape index (κ1) is 19.6. The number of fused-ring (bicyclic) bond motifs is 3. The van der Waals surface area contributed by atoms with Crippen LogP contribution in [0.5, 0.6) is 0 Å². The van der Waals surface area contributed by atoms with E-state index in [1.165, 1.54) is 14.7 Å². The molecule has 7 nitrogen and oxygen atoms in total. The number of nitrogens with zero attached hydrogens (tertiary/aromatic N) is 5. The van der Waals surface area contributed by atoms with Gasteiger partial charge in [-0.1, -0.05) is 41.4 Å². The molecule has 1 aliphatic rings. The molecule has 0 unspecified atom stereocenters. The second-order valence-electron chi connectivity index (χ2n) is 7.94. The van der Waals surface area contributed by atoms with Crippen LogP contribution in [0.1, 0.15) is 17.5 Å². The summed E-state index contributed by atoms with van der Waals surface area (Å²) >= 11 is 6.09. The van der Waals surface area contributed by atoms with E-state index in [0.29, 0.717) is 28.7 Å². The maximum Gasteiger partial charge on any atom is 0.332 e. The van der Waals surface area contributed by atoms with Crippen LogP contribution in [0.3, 0.4) is 0 Å². The summed E-state index contributed by atoms with van der Waals surface area (Å²) in [7, 11) is 1.66. The summed E-state index contributed by atoms with van der Waals surface area (Å²) in [6, 6.07) is 15.4. The van der Waals surface area contributed by atoms with Crippen molar-refractivity contribution in [3.05, 3.63) is 85.5 Å². The molecule has 0 radical (unpaired) electrons. The summed E-state index contributed by atoms with van der Waals surface area (Å²) in [5, 5.41) is 0.568. The smallest absolute Gasteiger partial charge is 0.312 e. The average Bonchev–Trinajstić information content (AvgIpc) is 3.16. The summed E-state index contributed by atoms with van der Waals surface area (Å²) in [4.78, 5) is 33.3. The van der Waals surface area contributed by atoms with Crippen LogP contribution >= 0.6 is 11.6 Å². The maximum atomic E-state index is 13.4. The van der Waals surface area contributed by atoms with Gasteiger partial charge in [0, 0.05) is 30.8 Å². The molecule has 5 rings (SSSR count). The van der Waals surface area contributed by atoms with E-state index in [9.17, 15) is 9.59 Å². The molecule has 0 saturated carbocycles. The standard InChI is InChI=1S/C23H22ClN5O2/c1-15-7-9-18(10-8-15)27-11-4-12-28-19-20(25-22(27)28)26(2)23(31)29(21(19)30)14-16-5-3-6-17(24)13-16/h3,5-10,13H,4,11-12,14H2,1-2H3. The first-order valence-electron chi connectivity index (χ1n) is 10.2. The van der Waals surface area contributed by atoms with Crippen molar-refractivity contribution in [1.29, 1.82) is 0 Å². The quantitative estimate of drug-likeness (QED) is 0.494. The third kappa shape index (κ3) is 3.25. The van der Waals surface area contributed by atoms with Gasteiger partial charge in [-0.05, 0) is 43.2 Å². The summed E-state index contributed by atoms with van der Waals surface area (Å²) in [5.41, 5.74) is 3.14. The number of halogens is 1. The predicted molar refractivity (Wildman–Crippen MR) is 123 cm³/mol. The van der Waals surface area contributed by atoms with Gasteiger partial charge in [0.2, 0.25) is 5.95 Å². The van der Waals surface area contributed by atoms with E-state index >= 15 is 0 Å². The molecular formula is C23H22ClN5O2. The molecule has 0 aliphatic carbocycles. The topological polar surface area (TPSA) is 65.1 Å². The van der Waals surface area contributed by atoms with Crippen molar-refractivity contribution in [2.45, 2.75) is 26.4 Å². The van der Waals surface area contributed by atoms with Gasteiger partial charge in [0.1, 0.15) is 0 Å². The van der Waals surface area contributed by atoms with Crippen LogP contribution in [0.2, 0.25) is 5.02 Å². The number of hydrogen-bond acceptors (Lipinski definition) is 4. The second-order valence-corrected chi connectivity index (χ2v) is 8.38. The lowest BCUT2D eigenvalue weighted by Crippen LogP contribution is -2.40. The Balaban J connectivity index is 1.69. The number of benzene rings is 2. The van der Waals surface area contributed by atoms with Crippen LogP contribution in [0.15, 0.2) is 58.1 Å². The summed E-state index contributed by atoms with van der Waals surface area (Å²) in [6.07, 6.45) is 0.878. The maximum absolute atomic E-state index is 13.4. The molecule has 0 spiro atoms. The van der Waals surface area contributed by atoms with Crippen molar-refractivity contribution in [3.8, 4) is 0 Å². The minimum Gasteiger partial charge on any atom is -0.312 e. The van der Waals surface area contributed by atoms with Crippen LogP contribution in [0.25, 0.3) is 11.2 Å². The molecular weight excluding hydrogens is 414 g/mol. The normalized spacial score (nSPS) is 13.6. The average molecular weight is 436 g/mol. The number of rotatable bonds is 3. The zero-order valence-electron chi connectivity index (χ0n) is 17.4. The van der Waals surface area contributed by atoms with Gasteiger partial charge >= 0.3 is 5.69 Å². The molecule has 4 aromatic rings. The molecule has 0 amide bonds. The number of anilines is 2. The number of hydrogen-bond donors (Lipinski definition) is 0. The Morgan fingerprint density at radius 1 is 1.06 bits per heavy atom. The molecule has 2 aromatic heterocycles. The lowest BCUT2D eigenvalue weighted by molar-refractivity contribution is 0.597. The van der Waals surface area contributed by atoms with E-state index < -0.39 is 5.69 Å². The van der Waals surface area contributed by atoms with Crippen molar-refractivity contribution in [3.63, 3.8) is 0 Å². The van der Waals surface area contributed by atoms with E-state index in [4.69, 9.17) is 16.6 Å². The van der Waals surface area contributed by atoms with Crippen molar-refractivity contribution in [2.24, 2.45) is 7.05 Å². The largest absolute Gasteiger partial charge is 0.332 e. The van der Waals surface area contributed by atoms with Gasteiger partial charge in [0.25, 0.3) is 5.56 Å². The van der Waals surface area contributed by atoms with Gasteiger partial charge < -0.3 is 9.47 Å². The fraction of sp³-hybridized carbons (Fsp3) is 0.261. The number of aromatic nitrogens is 4. The van der Waals surface area contributed by atoms with E-state index in [1.54, 1.807) is 19.2 Å². The number of aryl methyl sites for hydroxylation is 3. The fourth-order valence-electron chi connectivity index (χ4n) is 4.19. The zero-order valence-corrected chi connectivity index (χ0v) is 18.1. The Kier molecular flexibility index (Phi) is 4.70. The van der Waals surface area contributed by atoms with Gasteiger partial charge in [-0.25, -0.2) is 4.79 Å². The Hall–Kier alpha value is -3.32. The van der Waals surface area contributed by atoms with Crippen LogP contribution in [0, 0.1) is 6.92 Å². The Morgan fingerprint density at radius 3 is 2.58 bits per heavy atom. The lowest BCUT2D eigenvalue weighted by atomic mass is 10.2. The molecule has 0 atom stereocenters. The second kappa shape index (κ2) is 7.42. The van der Waals surface area contributed by atoms with Gasteiger partial charge in [-0.3, -0.25) is 13.9 Å². The summed E-state index contributed by atoms with van der Waals surface area (Å²) in [5.74, 6) is 0.692. The van der Waals surface area contributed by atoms with E-state index in [0.717, 1.165) is 24.2 Å². The fourth-order valence-corrected chi connectivity index (χ4v) is 4.40. The highest BCUT2D eigenvalue weighted by Crippen LogP contribution is 2.31. The minimum atomic E-state index is -0.394. The van der Waals surface area contributed by atoms with Crippen LogP contribution in [-0.2, 0) is 20.1 Å². The highest BCUT2D eigenvalue weighted by Gasteiger charge is 2.27. The van der Waals surface area contributed by atoms with Crippen LogP contribution in [-0.4, -0.2) is 25.2 Å². The Bertz CT molecular complexity index is 1420. The van der Waals surface area contributed by atoms with Crippen molar-refractivity contribution >= 4 is 34.4 Å². The van der Waals surface area contributed by atoms with E-state index in [1.807, 2.05) is 23.6 Å². The molecule has 1 aliphatic heterocycles. The molecule has 0 fully saturated rings. The summed E-state index contributed by atoms with van der Waals surface area (Å²) in [6.45, 7) is 3.69. The third-order valence-electron chi connectivity index (χ3n) is 5.79. The van der Waals surface area contributed by atoms with Crippen molar-refractivity contribution in [1.82, 2.24) is 18.7 Å². The summed E-state index contributed by atoms with van der Waals surface area (Å²) < 4.78 is 4.66. The molecule has 3 heterocycles. The third-order valence-corrected chi connectivity index (χ3v) is 6.03. The van der Waals surface area contributed by atoms with Crippen molar-refractivity contribution < 1.29 is 0 Å². The Morgan fingerprint density at radius 2 is 1.84 bits per heavy atom. The SMILES string of the molecule is Cc1ccc(N2CCCn3c2nc2c3c(=O)n(Cc3cccc(Cl)c3)c(=O)n2C)cc1. The highest BCUT2D eigenvalue weighted by atomic mass is 35.5. The predicted octanol–water partition coefficient (Wildman–Crippen LogP) is 3.45. The van der Waals surface area contributed by atoms with Gasteiger partial charge in [0.15, 0.2) is 11.2 Å².